The van der Waals surface area contributed by atoms with Crippen LogP contribution in [0.2, 0.25) is 0 Å². The highest BCUT2D eigenvalue weighted by Gasteiger charge is 2.35. The van der Waals surface area contributed by atoms with Crippen LogP contribution in [0.1, 0.15) is 50.7 Å². The number of fused-ring (bicyclic) bond motifs is 1. The first kappa shape index (κ1) is 17.7. The van der Waals surface area contributed by atoms with Crippen molar-refractivity contribution < 1.29 is 9.21 Å². The normalized spacial score (nSPS) is 22.7. The molecule has 0 saturated heterocycles. The molecule has 0 radical (unpaired) electrons. The molecule has 1 aromatic heterocycles. The van der Waals surface area contributed by atoms with Crippen LogP contribution in [-0.2, 0) is 4.79 Å². The third kappa shape index (κ3) is 3.71. The summed E-state index contributed by atoms with van der Waals surface area (Å²) in [6, 6.07) is 3.47. The smallest absolute Gasteiger partial charge is 0.283 e. The van der Waals surface area contributed by atoms with E-state index in [4.69, 9.17) is 9.83 Å². The molecular weight excluding hydrogens is 416 g/mol. The SMILES string of the molecule is N=C1C(=Cc2ccc(Br)o2)C(=O)N=C2SC(CCC3CCCCC3)=NN12. The van der Waals surface area contributed by atoms with E-state index in [9.17, 15) is 4.79 Å². The molecular formula is C18H19BrN4O2S. The van der Waals surface area contributed by atoms with Gasteiger partial charge in [-0.2, -0.15) is 15.1 Å². The molecule has 0 bridgehead atoms. The van der Waals surface area contributed by atoms with E-state index in [1.165, 1.54) is 55.0 Å². The van der Waals surface area contributed by atoms with Crippen LogP contribution in [0, 0.1) is 11.3 Å². The lowest BCUT2D eigenvalue weighted by atomic mass is 9.86. The molecule has 1 amide bonds. The Balaban J connectivity index is 1.47. The predicted octanol–water partition coefficient (Wildman–Crippen LogP) is 5.02. The number of rotatable bonds is 4. The third-order valence-corrected chi connectivity index (χ3v) is 6.26. The van der Waals surface area contributed by atoms with Crippen LogP contribution in [0.15, 0.2) is 36.9 Å². The van der Waals surface area contributed by atoms with Crippen molar-refractivity contribution in [1.82, 2.24) is 5.01 Å². The molecule has 1 N–H and O–H groups in total. The number of hydrogen-bond donors (Lipinski definition) is 1. The Hall–Kier alpha value is -1.67. The van der Waals surface area contributed by atoms with Crippen LogP contribution in [-0.4, -0.2) is 27.0 Å². The fourth-order valence-corrected chi connectivity index (χ4v) is 4.70. The second kappa shape index (κ2) is 7.52. The van der Waals surface area contributed by atoms with Gasteiger partial charge in [-0.25, -0.2) is 0 Å². The van der Waals surface area contributed by atoms with E-state index in [1.54, 1.807) is 12.1 Å². The van der Waals surface area contributed by atoms with Crippen molar-refractivity contribution >= 4 is 55.7 Å². The lowest BCUT2D eigenvalue weighted by Gasteiger charge is -2.20. The quantitative estimate of drug-likeness (QED) is 0.674. The first-order chi connectivity index (χ1) is 12.6. The number of carbonyl (C=O) groups is 1. The van der Waals surface area contributed by atoms with Gasteiger partial charge in [-0.05, 0) is 64.7 Å². The molecule has 1 aliphatic carbocycles. The monoisotopic (exact) mass is 434 g/mol. The van der Waals surface area contributed by atoms with E-state index in [2.05, 4.69) is 26.0 Å². The highest BCUT2D eigenvalue weighted by molar-refractivity contribution is 9.10. The van der Waals surface area contributed by atoms with Gasteiger partial charge < -0.3 is 4.42 Å². The van der Waals surface area contributed by atoms with Gasteiger partial charge in [-0.15, -0.1) is 0 Å². The van der Waals surface area contributed by atoms with Crippen molar-refractivity contribution in [1.29, 1.82) is 5.41 Å². The van der Waals surface area contributed by atoms with Crippen molar-refractivity contribution in [3.8, 4) is 0 Å². The Morgan fingerprint density at radius 2 is 2.15 bits per heavy atom. The van der Waals surface area contributed by atoms with Gasteiger partial charge in [0.25, 0.3) is 5.91 Å². The Bertz CT molecular complexity index is 836. The van der Waals surface area contributed by atoms with Crippen LogP contribution in [0.4, 0.5) is 0 Å². The van der Waals surface area contributed by atoms with Gasteiger partial charge in [-0.1, -0.05) is 32.1 Å². The van der Waals surface area contributed by atoms with E-state index in [0.29, 0.717) is 15.6 Å². The third-order valence-electron chi connectivity index (χ3n) is 4.87. The minimum absolute atomic E-state index is 0.0488. The van der Waals surface area contributed by atoms with Crippen LogP contribution >= 0.6 is 27.7 Å². The summed E-state index contributed by atoms with van der Waals surface area (Å²) in [5, 5.41) is 15.8. The van der Waals surface area contributed by atoms with Gasteiger partial charge in [0, 0.05) is 0 Å². The summed E-state index contributed by atoms with van der Waals surface area (Å²) >= 11 is 4.64. The van der Waals surface area contributed by atoms with E-state index in [-0.39, 0.29) is 11.4 Å². The van der Waals surface area contributed by atoms with E-state index in [1.807, 2.05) is 0 Å². The number of hydrogen-bond acceptors (Lipinski definition) is 5. The highest BCUT2D eigenvalue weighted by Crippen LogP contribution is 2.33. The first-order valence-corrected chi connectivity index (χ1v) is 10.5. The Kier molecular flexibility index (Phi) is 5.13. The second-order valence-corrected chi connectivity index (χ2v) is 8.52. The number of hydrazone groups is 1. The molecule has 1 aromatic rings. The number of aliphatic imine (C=N–C) groups is 1. The number of furan rings is 1. The summed E-state index contributed by atoms with van der Waals surface area (Å²) in [6.07, 6.45) is 10.2. The largest absolute Gasteiger partial charge is 0.450 e. The zero-order chi connectivity index (χ0) is 18.1. The maximum Gasteiger partial charge on any atom is 0.283 e. The molecule has 0 spiro atoms. The second-order valence-electron chi connectivity index (χ2n) is 6.70. The molecule has 0 aromatic carbocycles. The molecule has 1 fully saturated rings. The Morgan fingerprint density at radius 3 is 2.88 bits per heavy atom. The number of nitrogens with one attached hydrogen (secondary N) is 1. The Morgan fingerprint density at radius 1 is 1.35 bits per heavy atom. The van der Waals surface area contributed by atoms with Crippen molar-refractivity contribution in [3.05, 3.63) is 28.1 Å². The number of nitrogens with zero attached hydrogens (tertiary/aromatic N) is 3. The number of carbonyl (C=O) groups excluding carboxylic acids is 1. The minimum Gasteiger partial charge on any atom is -0.450 e. The molecule has 3 heterocycles. The molecule has 136 valence electrons. The zero-order valence-corrected chi connectivity index (χ0v) is 16.6. The molecule has 0 unspecified atom stereocenters. The summed E-state index contributed by atoms with van der Waals surface area (Å²) in [5.74, 6) is 0.898. The van der Waals surface area contributed by atoms with Gasteiger partial charge in [0.15, 0.2) is 10.5 Å². The number of thioether (sulfide) groups is 1. The van der Waals surface area contributed by atoms with Crippen molar-refractivity contribution in [2.24, 2.45) is 16.0 Å². The maximum atomic E-state index is 12.3. The van der Waals surface area contributed by atoms with Gasteiger partial charge in [0.05, 0.1) is 5.57 Å². The van der Waals surface area contributed by atoms with E-state index in [0.717, 1.165) is 23.8 Å². The molecule has 1 saturated carbocycles. The van der Waals surface area contributed by atoms with Crippen LogP contribution in [0.25, 0.3) is 6.08 Å². The molecule has 0 atom stereocenters. The topological polar surface area (TPSA) is 82.0 Å². The van der Waals surface area contributed by atoms with E-state index < -0.39 is 5.91 Å². The highest BCUT2D eigenvalue weighted by atomic mass is 79.9. The van der Waals surface area contributed by atoms with Crippen molar-refractivity contribution in [2.75, 3.05) is 0 Å². The number of amides is 1. The van der Waals surface area contributed by atoms with Crippen LogP contribution in [0.3, 0.4) is 0 Å². The summed E-state index contributed by atoms with van der Waals surface area (Å²) in [4.78, 5) is 16.4. The Labute approximate surface area is 164 Å². The molecule has 4 rings (SSSR count). The molecule has 26 heavy (non-hydrogen) atoms. The van der Waals surface area contributed by atoms with Gasteiger partial charge >= 0.3 is 0 Å². The van der Waals surface area contributed by atoms with Crippen molar-refractivity contribution in [2.45, 2.75) is 44.9 Å². The van der Waals surface area contributed by atoms with Crippen LogP contribution < -0.4 is 0 Å². The summed E-state index contributed by atoms with van der Waals surface area (Å²) in [7, 11) is 0. The minimum atomic E-state index is -0.426. The fraction of sp³-hybridized carbons (Fsp3) is 0.444. The number of amidine groups is 2. The molecule has 8 heteroatoms. The first-order valence-electron chi connectivity index (χ1n) is 8.84. The van der Waals surface area contributed by atoms with Gasteiger partial charge in [-0.3, -0.25) is 10.2 Å². The molecule has 6 nitrogen and oxygen atoms in total. The summed E-state index contributed by atoms with van der Waals surface area (Å²) < 4.78 is 5.98. The predicted molar refractivity (Wildman–Crippen MR) is 107 cm³/mol. The molecule has 2 aliphatic heterocycles. The standard InChI is InChI=1S/C18H19BrN4O2S/c19-14-8-7-12(25-14)10-13-16(20)23-18(21-17(13)24)26-15(22-23)9-6-11-4-2-1-3-5-11/h7-8,10-11,20H,1-6,9H2. The summed E-state index contributed by atoms with van der Waals surface area (Å²) in [6.45, 7) is 0. The zero-order valence-electron chi connectivity index (χ0n) is 14.2. The fourth-order valence-electron chi connectivity index (χ4n) is 3.48. The molecule has 3 aliphatic rings. The van der Waals surface area contributed by atoms with E-state index >= 15 is 0 Å². The lowest BCUT2D eigenvalue weighted by Crippen LogP contribution is -2.35. The average molecular weight is 435 g/mol. The van der Waals surface area contributed by atoms with Crippen LogP contribution in [0.5, 0.6) is 0 Å². The lowest BCUT2D eigenvalue weighted by molar-refractivity contribution is -0.114. The number of halogens is 1. The maximum absolute atomic E-state index is 12.3. The summed E-state index contributed by atoms with van der Waals surface area (Å²) in [5.41, 5.74) is 0.188. The van der Waals surface area contributed by atoms with Crippen molar-refractivity contribution in [3.63, 3.8) is 0 Å². The van der Waals surface area contributed by atoms with Gasteiger partial charge in [0.2, 0.25) is 5.17 Å². The average Bonchev–Trinajstić information content (AvgIpc) is 3.23. The van der Waals surface area contributed by atoms with Gasteiger partial charge in [0.1, 0.15) is 10.8 Å².